The molecule has 84 valence electrons. The van der Waals surface area contributed by atoms with E-state index in [0.717, 1.165) is 21.3 Å². The first kappa shape index (κ1) is 12.6. The number of aryl methyl sites for hydroxylation is 1. The van der Waals surface area contributed by atoms with Crippen LogP contribution in [0.3, 0.4) is 0 Å². The van der Waals surface area contributed by atoms with Crippen LogP contribution in [0.2, 0.25) is 0 Å². The summed E-state index contributed by atoms with van der Waals surface area (Å²) < 4.78 is 5.99. The number of phenolic OH excluding ortho intramolecular Hbond substituents is 1. The molecule has 1 N–H and O–H groups in total. The predicted molar refractivity (Wildman–Crippen MR) is 70.6 cm³/mol. The molecule has 0 saturated heterocycles. The van der Waals surface area contributed by atoms with Crippen LogP contribution in [-0.4, -0.2) is 12.2 Å². The zero-order valence-electron chi connectivity index (χ0n) is 9.22. The highest BCUT2D eigenvalue weighted by atomic mass is 127. The number of rotatable bonds is 5. The molecule has 0 fully saturated rings. The number of halogens is 1. The maximum absolute atomic E-state index is 9.68. The Morgan fingerprint density at radius 3 is 2.67 bits per heavy atom. The van der Waals surface area contributed by atoms with E-state index in [9.17, 15) is 5.11 Å². The summed E-state index contributed by atoms with van der Waals surface area (Å²) in [4.78, 5) is 0. The van der Waals surface area contributed by atoms with Gasteiger partial charge in [-0.1, -0.05) is 19.8 Å². The Morgan fingerprint density at radius 1 is 1.33 bits per heavy atom. The van der Waals surface area contributed by atoms with E-state index in [-0.39, 0.29) is 0 Å². The number of ether oxygens (including phenoxy) is 1. The molecule has 0 aliphatic rings. The monoisotopic (exact) mass is 320 g/mol. The molecular weight excluding hydrogens is 303 g/mol. The van der Waals surface area contributed by atoms with Crippen LogP contribution < -0.4 is 4.74 Å². The van der Waals surface area contributed by atoms with Crippen molar-refractivity contribution < 1.29 is 9.84 Å². The van der Waals surface area contributed by atoms with E-state index in [2.05, 4.69) is 29.5 Å². The van der Waals surface area contributed by atoms with Crippen molar-refractivity contribution in [3.63, 3.8) is 0 Å². The molecule has 0 radical (unpaired) electrons. The van der Waals surface area contributed by atoms with Crippen LogP contribution in [0.1, 0.15) is 31.7 Å². The minimum absolute atomic E-state index is 0.321. The van der Waals surface area contributed by atoms with Crippen LogP contribution >= 0.6 is 22.6 Å². The quantitative estimate of drug-likeness (QED) is 0.661. The van der Waals surface area contributed by atoms with E-state index in [1.165, 1.54) is 19.3 Å². The van der Waals surface area contributed by atoms with Crippen LogP contribution in [0.25, 0.3) is 0 Å². The third-order valence-corrected chi connectivity index (χ3v) is 3.45. The molecule has 0 amide bonds. The molecule has 0 bridgehead atoms. The molecular formula is C12H17IO2. The van der Waals surface area contributed by atoms with E-state index in [1.54, 1.807) is 7.11 Å². The fourth-order valence-electron chi connectivity index (χ4n) is 1.51. The highest BCUT2D eigenvalue weighted by Gasteiger charge is 2.07. The first-order chi connectivity index (χ1) is 7.19. The standard InChI is InChI=1S/C12H17IO2/c1-3-4-5-6-9-7-10(14)12(13)11(8-9)15-2/h7-8,14H,3-6H2,1-2H3. The summed E-state index contributed by atoms with van der Waals surface area (Å²) in [6.07, 6.45) is 4.62. The second-order valence-corrected chi connectivity index (χ2v) is 4.67. The second-order valence-electron chi connectivity index (χ2n) is 3.59. The molecule has 0 spiro atoms. The smallest absolute Gasteiger partial charge is 0.136 e. The van der Waals surface area contributed by atoms with Crippen molar-refractivity contribution in [1.82, 2.24) is 0 Å². The van der Waals surface area contributed by atoms with Gasteiger partial charge < -0.3 is 9.84 Å². The fraction of sp³-hybridized carbons (Fsp3) is 0.500. The van der Waals surface area contributed by atoms with Crippen LogP contribution in [0.5, 0.6) is 11.5 Å². The van der Waals surface area contributed by atoms with E-state index < -0.39 is 0 Å². The third-order valence-electron chi connectivity index (χ3n) is 2.37. The third kappa shape index (κ3) is 3.55. The molecule has 1 aromatic rings. The van der Waals surface area contributed by atoms with Crippen molar-refractivity contribution in [3.8, 4) is 11.5 Å². The number of hydrogen-bond acceptors (Lipinski definition) is 2. The van der Waals surface area contributed by atoms with E-state index in [0.29, 0.717) is 5.75 Å². The molecule has 0 atom stereocenters. The molecule has 0 aliphatic carbocycles. The first-order valence-electron chi connectivity index (χ1n) is 5.24. The van der Waals surface area contributed by atoms with Gasteiger partial charge in [-0.2, -0.15) is 0 Å². The maximum Gasteiger partial charge on any atom is 0.136 e. The van der Waals surface area contributed by atoms with Gasteiger partial charge in [0.15, 0.2) is 0 Å². The van der Waals surface area contributed by atoms with Gasteiger partial charge >= 0.3 is 0 Å². The number of phenols is 1. The number of benzene rings is 1. The number of unbranched alkanes of at least 4 members (excludes halogenated alkanes) is 2. The molecule has 0 aliphatic heterocycles. The number of hydrogen-bond donors (Lipinski definition) is 1. The van der Waals surface area contributed by atoms with Crippen LogP contribution in [0.4, 0.5) is 0 Å². The summed E-state index contributed by atoms with van der Waals surface area (Å²) in [5, 5.41) is 9.68. The number of aromatic hydroxyl groups is 1. The minimum atomic E-state index is 0.321. The molecule has 0 unspecified atom stereocenters. The predicted octanol–water partition coefficient (Wildman–Crippen LogP) is 3.74. The van der Waals surface area contributed by atoms with Gasteiger partial charge in [-0.05, 0) is 53.1 Å². The second kappa shape index (κ2) is 6.20. The Bertz CT molecular complexity index is 324. The maximum atomic E-state index is 9.68. The fourth-order valence-corrected chi connectivity index (χ4v) is 2.04. The molecule has 0 heterocycles. The van der Waals surface area contributed by atoms with Gasteiger partial charge in [0.25, 0.3) is 0 Å². The Balaban J connectivity index is 2.77. The molecule has 1 rings (SSSR count). The van der Waals surface area contributed by atoms with Gasteiger partial charge in [-0.15, -0.1) is 0 Å². The van der Waals surface area contributed by atoms with Crippen LogP contribution in [0, 0.1) is 3.57 Å². The van der Waals surface area contributed by atoms with Crippen molar-refractivity contribution in [3.05, 3.63) is 21.3 Å². The normalized spacial score (nSPS) is 10.3. The van der Waals surface area contributed by atoms with Crippen molar-refractivity contribution in [1.29, 1.82) is 0 Å². The molecule has 2 nitrogen and oxygen atoms in total. The van der Waals surface area contributed by atoms with E-state index in [1.807, 2.05) is 12.1 Å². The lowest BCUT2D eigenvalue weighted by Crippen LogP contribution is -1.92. The summed E-state index contributed by atoms with van der Waals surface area (Å²) in [7, 11) is 1.63. The van der Waals surface area contributed by atoms with Crippen molar-refractivity contribution in [2.24, 2.45) is 0 Å². The SMILES string of the molecule is CCCCCc1cc(O)c(I)c(OC)c1. The lowest BCUT2D eigenvalue weighted by molar-refractivity contribution is 0.402. The van der Waals surface area contributed by atoms with Gasteiger partial charge in [0, 0.05) is 0 Å². The largest absolute Gasteiger partial charge is 0.507 e. The van der Waals surface area contributed by atoms with Crippen molar-refractivity contribution >= 4 is 22.6 Å². The molecule has 1 aromatic carbocycles. The van der Waals surface area contributed by atoms with E-state index in [4.69, 9.17) is 4.74 Å². The topological polar surface area (TPSA) is 29.5 Å². The molecule has 3 heteroatoms. The highest BCUT2D eigenvalue weighted by Crippen LogP contribution is 2.31. The zero-order valence-corrected chi connectivity index (χ0v) is 11.4. The average molecular weight is 320 g/mol. The molecule has 0 saturated carbocycles. The van der Waals surface area contributed by atoms with Gasteiger partial charge in [0.05, 0.1) is 10.7 Å². The number of methoxy groups -OCH3 is 1. The molecule has 15 heavy (non-hydrogen) atoms. The summed E-state index contributed by atoms with van der Waals surface area (Å²) in [6.45, 7) is 2.19. The Morgan fingerprint density at radius 2 is 2.07 bits per heavy atom. The highest BCUT2D eigenvalue weighted by molar-refractivity contribution is 14.1. The summed E-state index contributed by atoms with van der Waals surface area (Å²) in [6, 6.07) is 3.84. The zero-order chi connectivity index (χ0) is 11.3. The summed E-state index contributed by atoms with van der Waals surface area (Å²) in [5.41, 5.74) is 1.15. The van der Waals surface area contributed by atoms with Crippen molar-refractivity contribution in [2.45, 2.75) is 32.6 Å². The Hall–Kier alpha value is -0.450. The Kier molecular flexibility index (Phi) is 5.22. The van der Waals surface area contributed by atoms with Gasteiger partial charge in [-0.25, -0.2) is 0 Å². The van der Waals surface area contributed by atoms with Crippen molar-refractivity contribution in [2.75, 3.05) is 7.11 Å². The minimum Gasteiger partial charge on any atom is -0.507 e. The van der Waals surface area contributed by atoms with Gasteiger partial charge in [0.1, 0.15) is 11.5 Å². The lowest BCUT2D eigenvalue weighted by Gasteiger charge is -2.08. The summed E-state index contributed by atoms with van der Waals surface area (Å²) in [5.74, 6) is 1.09. The van der Waals surface area contributed by atoms with Crippen LogP contribution in [-0.2, 0) is 6.42 Å². The van der Waals surface area contributed by atoms with Gasteiger partial charge in [-0.3, -0.25) is 0 Å². The first-order valence-corrected chi connectivity index (χ1v) is 6.32. The van der Waals surface area contributed by atoms with Crippen LogP contribution in [0.15, 0.2) is 12.1 Å². The van der Waals surface area contributed by atoms with Gasteiger partial charge in [0.2, 0.25) is 0 Å². The molecule has 0 aromatic heterocycles. The lowest BCUT2D eigenvalue weighted by atomic mass is 10.1. The van der Waals surface area contributed by atoms with E-state index >= 15 is 0 Å². The Labute approximate surface area is 105 Å². The average Bonchev–Trinajstić information content (AvgIpc) is 2.23. The summed E-state index contributed by atoms with van der Waals surface area (Å²) >= 11 is 2.09.